The van der Waals surface area contributed by atoms with Gasteiger partial charge in [0.1, 0.15) is 5.75 Å². The predicted molar refractivity (Wildman–Crippen MR) is 58.1 cm³/mol. The van der Waals surface area contributed by atoms with E-state index in [1.54, 1.807) is 13.0 Å². The van der Waals surface area contributed by atoms with Crippen molar-refractivity contribution in [1.82, 2.24) is 0 Å². The minimum absolute atomic E-state index is 0.239. The van der Waals surface area contributed by atoms with Crippen molar-refractivity contribution in [2.75, 3.05) is 0 Å². The van der Waals surface area contributed by atoms with Gasteiger partial charge in [-0.1, -0.05) is 13.0 Å². The van der Waals surface area contributed by atoms with Crippen LogP contribution >= 0.6 is 0 Å². The van der Waals surface area contributed by atoms with Crippen molar-refractivity contribution in [2.45, 2.75) is 27.2 Å². The Morgan fingerprint density at radius 2 is 2.00 bits per heavy atom. The molecule has 15 heavy (non-hydrogen) atoms. The number of rotatable bonds is 3. The van der Waals surface area contributed by atoms with Crippen LogP contribution in [0.15, 0.2) is 12.1 Å². The Kier molecular flexibility index (Phi) is 3.35. The van der Waals surface area contributed by atoms with Crippen molar-refractivity contribution < 1.29 is 15.0 Å². The summed E-state index contributed by atoms with van der Waals surface area (Å²) in [6, 6.07) is 3.57. The van der Waals surface area contributed by atoms with Crippen molar-refractivity contribution in [1.29, 1.82) is 0 Å². The first-order valence-electron chi connectivity index (χ1n) is 4.93. The van der Waals surface area contributed by atoms with Gasteiger partial charge in [-0.25, -0.2) is 0 Å². The molecule has 0 heterocycles. The largest absolute Gasteiger partial charge is 0.508 e. The van der Waals surface area contributed by atoms with Gasteiger partial charge < -0.3 is 10.2 Å². The number of carboxylic acid groups (broad SMARTS) is 1. The zero-order chi connectivity index (χ0) is 11.6. The molecule has 0 aliphatic rings. The molecule has 0 saturated heterocycles. The van der Waals surface area contributed by atoms with Crippen LogP contribution in [0.4, 0.5) is 0 Å². The zero-order valence-corrected chi connectivity index (χ0v) is 9.24. The van der Waals surface area contributed by atoms with Crippen LogP contribution in [0.25, 0.3) is 0 Å². The molecular formula is C12H16O3. The molecule has 2 N–H and O–H groups in total. The number of phenols is 1. The molecule has 0 saturated carbocycles. The number of hydrogen-bond donors (Lipinski definition) is 2. The Morgan fingerprint density at radius 3 is 2.47 bits per heavy atom. The summed E-state index contributed by atoms with van der Waals surface area (Å²) < 4.78 is 0. The highest BCUT2D eigenvalue weighted by Crippen LogP contribution is 2.23. The molecule has 0 bridgehead atoms. The molecule has 1 aromatic rings. The van der Waals surface area contributed by atoms with Gasteiger partial charge in [0.05, 0.1) is 5.92 Å². The van der Waals surface area contributed by atoms with Crippen molar-refractivity contribution in [3.8, 4) is 5.75 Å². The summed E-state index contributed by atoms with van der Waals surface area (Å²) in [5.41, 5.74) is 2.70. The number of aryl methyl sites for hydroxylation is 1. The highest BCUT2D eigenvalue weighted by molar-refractivity contribution is 5.70. The summed E-state index contributed by atoms with van der Waals surface area (Å²) in [7, 11) is 0. The first-order valence-corrected chi connectivity index (χ1v) is 4.93. The number of carbonyl (C=O) groups is 1. The predicted octanol–water partition coefficient (Wildman–Crippen LogP) is 2.27. The lowest BCUT2D eigenvalue weighted by molar-refractivity contribution is -0.141. The lowest BCUT2D eigenvalue weighted by Crippen LogP contribution is -2.12. The van der Waals surface area contributed by atoms with Gasteiger partial charge in [-0.2, -0.15) is 0 Å². The third-order valence-electron chi connectivity index (χ3n) is 2.66. The molecule has 3 heteroatoms. The molecule has 1 rings (SSSR count). The number of hydrogen-bond acceptors (Lipinski definition) is 2. The molecule has 0 aromatic heterocycles. The van der Waals surface area contributed by atoms with Crippen molar-refractivity contribution >= 4 is 5.97 Å². The second-order valence-corrected chi connectivity index (χ2v) is 4.00. The summed E-state index contributed by atoms with van der Waals surface area (Å²) in [6.07, 6.45) is 0.448. The molecule has 0 amide bonds. The van der Waals surface area contributed by atoms with Gasteiger partial charge in [-0.05, 0) is 43.0 Å². The Balaban J connectivity index is 2.92. The molecule has 0 aliphatic carbocycles. The molecular weight excluding hydrogens is 192 g/mol. The van der Waals surface area contributed by atoms with E-state index >= 15 is 0 Å². The smallest absolute Gasteiger partial charge is 0.306 e. The van der Waals surface area contributed by atoms with Crippen LogP contribution in [0.1, 0.15) is 23.6 Å². The quantitative estimate of drug-likeness (QED) is 0.801. The van der Waals surface area contributed by atoms with Crippen molar-refractivity contribution in [2.24, 2.45) is 5.92 Å². The van der Waals surface area contributed by atoms with Crippen LogP contribution in [0.3, 0.4) is 0 Å². The lowest BCUT2D eigenvalue weighted by atomic mass is 9.97. The minimum Gasteiger partial charge on any atom is -0.508 e. The number of aliphatic carboxylic acids is 1. The first kappa shape index (κ1) is 11.6. The molecule has 0 fully saturated rings. The molecule has 3 nitrogen and oxygen atoms in total. The molecule has 0 aliphatic heterocycles. The number of benzene rings is 1. The van der Waals surface area contributed by atoms with Crippen LogP contribution in [0, 0.1) is 19.8 Å². The highest BCUT2D eigenvalue weighted by atomic mass is 16.4. The van der Waals surface area contributed by atoms with E-state index in [-0.39, 0.29) is 5.75 Å². The van der Waals surface area contributed by atoms with E-state index in [4.69, 9.17) is 5.11 Å². The molecule has 0 radical (unpaired) electrons. The van der Waals surface area contributed by atoms with E-state index in [0.717, 1.165) is 16.7 Å². The summed E-state index contributed by atoms with van der Waals surface area (Å²) in [5, 5.41) is 18.4. The maximum Gasteiger partial charge on any atom is 0.306 e. The topological polar surface area (TPSA) is 57.5 Å². The van der Waals surface area contributed by atoms with Crippen LogP contribution < -0.4 is 0 Å². The minimum atomic E-state index is -0.812. The molecule has 0 spiro atoms. The second-order valence-electron chi connectivity index (χ2n) is 4.00. The fraction of sp³-hybridized carbons (Fsp3) is 0.417. The number of phenolic OH excluding ortho intramolecular Hbond substituents is 1. The molecule has 1 atom stereocenters. The van der Waals surface area contributed by atoms with Gasteiger partial charge in [-0.15, -0.1) is 0 Å². The molecule has 82 valence electrons. The van der Waals surface area contributed by atoms with E-state index in [1.807, 2.05) is 19.9 Å². The van der Waals surface area contributed by atoms with Crippen LogP contribution in [0.5, 0.6) is 5.75 Å². The van der Waals surface area contributed by atoms with E-state index in [1.165, 1.54) is 0 Å². The van der Waals surface area contributed by atoms with Gasteiger partial charge >= 0.3 is 5.97 Å². The summed E-state index contributed by atoms with van der Waals surface area (Å²) in [4.78, 5) is 10.7. The third-order valence-corrected chi connectivity index (χ3v) is 2.66. The van der Waals surface area contributed by atoms with Crippen molar-refractivity contribution in [3.63, 3.8) is 0 Å². The van der Waals surface area contributed by atoms with Gasteiger partial charge in [0.2, 0.25) is 0 Å². The Labute approximate surface area is 89.4 Å². The van der Waals surface area contributed by atoms with E-state index in [0.29, 0.717) is 6.42 Å². The van der Waals surface area contributed by atoms with Gasteiger partial charge in [0, 0.05) is 0 Å². The summed E-state index contributed by atoms with van der Waals surface area (Å²) in [6.45, 7) is 5.41. The van der Waals surface area contributed by atoms with Crippen LogP contribution in [0.2, 0.25) is 0 Å². The van der Waals surface area contributed by atoms with Gasteiger partial charge in [-0.3, -0.25) is 4.79 Å². The lowest BCUT2D eigenvalue weighted by Gasteiger charge is -2.10. The molecule has 1 unspecified atom stereocenters. The van der Waals surface area contributed by atoms with E-state index in [2.05, 4.69) is 0 Å². The SMILES string of the molecule is Cc1cc(CC(C)C(=O)O)cc(O)c1C. The average Bonchev–Trinajstić information content (AvgIpc) is 2.13. The van der Waals surface area contributed by atoms with Gasteiger partial charge in [0.15, 0.2) is 0 Å². The van der Waals surface area contributed by atoms with Crippen molar-refractivity contribution in [3.05, 3.63) is 28.8 Å². The fourth-order valence-electron chi connectivity index (χ4n) is 1.47. The third kappa shape index (κ3) is 2.72. The summed E-state index contributed by atoms with van der Waals surface area (Å²) in [5.74, 6) is -0.998. The highest BCUT2D eigenvalue weighted by Gasteiger charge is 2.13. The Hall–Kier alpha value is -1.51. The first-order chi connectivity index (χ1) is 6.91. The monoisotopic (exact) mass is 208 g/mol. The van der Waals surface area contributed by atoms with E-state index in [9.17, 15) is 9.90 Å². The normalized spacial score (nSPS) is 12.5. The zero-order valence-electron chi connectivity index (χ0n) is 9.24. The average molecular weight is 208 g/mol. The van der Waals surface area contributed by atoms with E-state index < -0.39 is 11.9 Å². The van der Waals surface area contributed by atoms with Crippen LogP contribution in [-0.2, 0) is 11.2 Å². The Bertz CT molecular complexity index is 359. The fourth-order valence-corrected chi connectivity index (χ4v) is 1.47. The van der Waals surface area contributed by atoms with Crippen LogP contribution in [-0.4, -0.2) is 16.2 Å². The second kappa shape index (κ2) is 4.34. The van der Waals surface area contributed by atoms with Gasteiger partial charge in [0.25, 0.3) is 0 Å². The number of carboxylic acids is 1. The molecule has 1 aromatic carbocycles. The number of aromatic hydroxyl groups is 1. The maximum atomic E-state index is 10.7. The Morgan fingerprint density at radius 1 is 1.40 bits per heavy atom. The standard InChI is InChI=1S/C12H16O3/c1-7-4-10(5-8(2)12(14)15)6-11(13)9(7)3/h4,6,8,13H,5H2,1-3H3,(H,14,15). The maximum absolute atomic E-state index is 10.7. The summed E-state index contributed by atoms with van der Waals surface area (Å²) >= 11 is 0.